The highest BCUT2D eigenvalue weighted by atomic mass is 16.2. The van der Waals surface area contributed by atoms with Crippen LogP contribution in [0.2, 0.25) is 0 Å². The van der Waals surface area contributed by atoms with Gasteiger partial charge >= 0.3 is 0 Å². The number of piperidine rings is 1. The first-order valence-electron chi connectivity index (χ1n) is 7.44. The van der Waals surface area contributed by atoms with Crippen molar-refractivity contribution < 1.29 is 9.59 Å². The Hall–Kier alpha value is -0.900. The summed E-state index contributed by atoms with van der Waals surface area (Å²) >= 11 is 0. The Morgan fingerprint density at radius 3 is 2.63 bits per heavy atom. The fourth-order valence-electron chi connectivity index (χ4n) is 3.10. The van der Waals surface area contributed by atoms with Crippen LogP contribution in [-0.4, -0.2) is 35.8 Å². The number of imide groups is 1. The zero-order valence-electron chi connectivity index (χ0n) is 12.5. The fraction of sp³-hybridized carbons (Fsp3) is 0.867. The van der Waals surface area contributed by atoms with Crippen LogP contribution in [0.15, 0.2) is 0 Å². The average molecular weight is 266 g/mol. The second kappa shape index (κ2) is 5.23. The lowest BCUT2D eigenvalue weighted by molar-refractivity contribution is -0.142. The van der Waals surface area contributed by atoms with Crippen molar-refractivity contribution >= 4 is 11.8 Å². The molecular weight excluding hydrogens is 240 g/mol. The summed E-state index contributed by atoms with van der Waals surface area (Å²) in [7, 11) is 0. The number of nitrogens with one attached hydrogen (secondary N) is 1. The minimum atomic E-state index is -0.505. The molecule has 0 aromatic carbocycles. The first-order valence-corrected chi connectivity index (χ1v) is 7.44. The summed E-state index contributed by atoms with van der Waals surface area (Å²) in [5.41, 5.74) is -0.505. The molecule has 4 nitrogen and oxygen atoms in total. The molecular formula is C15H26N2O2. The Bertz CT molecular complexity index is 380. The SMILES string of the molecule is CC1CCCNC1CN1C(=O)CC(C)(C(C)C)C1=O. The van der Waals surface area contributed by atoms with Crippen molar-refractivity contribution in [2.75, 3.05) is 13.1 Å². The van der Waals surface area contributed by atoms with Gasteiger partial charge in [0.2, 0.25) is 11.8 Å². The van der Waals surface area contributed by atoms with Crippen molar-refractivity contribution in [1.29, 1.82) is 0 Å². The van der Waals surface area contributed by atoms with Gasteiger partial charge in [0.25, 0.3) is 0 Å². The van der Waals surface area contributed by atoms with E-state index in [1.807, 2.05) is 20.8 Å². The number of amides is 2. The van der Waals surface area contributed by atoms with Crippen LogP contribution < -0.4 is 5.32 Å². The Labute approximate surface area is 115 Å². The molecule has 108 valence electrons. The number of carbonyl (C=O) groups is 2. The maximum Gasteiger partial charge on any atom is 0.235 e. The number of carbonyl (C=O) groups excluding carboxylic acids is 2. The largest absolute Gasteiger partial charge is 0.312 e. The van der Waals surface area contributed by atoms with Gasteiger partial charge in [-0.3, -0.25) is 14.5 Å². The van der Waals surface area contributed by atoms with Crippen molar-refractivity contribution in [3.05, 3.63) is 0 Å². The summed E-state index contributed by atoms with van der Waals surface area (Å²) in [6, 6.07) is 0.260. The van der Waals surface area contributed by atoms with E-state index in [1.165, 1.54) is 17.7 Å². The molecule has 3 atom stereocenters. The minimum Gasteiger partial charge on any atom is -0.312 e. The Morgan fingerprint density at radius 2 is 2.11 bits per heavy atom. The molecule has 0 aromatic heterocycles. The maximum atomic E-state index is 12.5. The summed E-state index contributed by atoms with van der Waals surface area (Å²) in [4.78, 5) is 26.2. The zero-order valence-corrected chi connectivity index (χ0v) is 12.5. The summed E-state index contributed by atoms with van der Waals surface area (Å²) in [5, 5.41) is 3.45. The molecule has 0 radical (unpaired) electrons. The van der Waals surface area contributed by atoms with Gasteiger partial charge in [-0.1, -0.05) is 20.8 Å². The van der Waals surface area contributed by atoms with Crippen molar-refractivity contribution in [2.45, 2.75) is 53.0 Å². The van der Waals surface area contributed by atoms with Crippen LogP contribution in [0.4, 0.5) is 0 Å². The van der Waals surface area contributed by atoms with Crippen LogP contribution in [0.5, 0.6) is 0 Å². The van der Waals surface area contributed by atoms with Crippen LogP contribution in [0, 0.1) is 17.3 Å². The van der Waals surface area contributed by atoms with Crippen molar-refractivity contribution in [3.8, 4) is 0 Å². The van der Waals surface area contributed by atoms with Crippen LogP contribution in [0.25, 0.3) is 0 Å². The third kappa shape index (κ3) is 2.55. The van der Waals surface area contributed by atoms with E-state index in [1.54, 1.807) is 0 Å². The topological polar surface area (TPSA) is 49.4 Å². The number of likely N-dealkylation sites (tertiary alicyclic amines) is 1. The van der Waals surface area contributed by atoms with E-state index in [0.717, 1.165) is 6.54 Å². The number of rotatable bonds is 3. The quantitative estimate of drug-likeness (QED) is 0.792. The minimum absolute atomic E-state index is 0.000716. The molecule has 2 rings (SSSR count). The third-order valence-electron chi connectivity index (χ3n) is 5.14. The molecule has 2 aliphatic heterocycles. The smallest absolute Gasteiger partial charge is 0.235 e. The molecule has 2 fully saturated rings. The van der Waals surface area contributed by atoms with E-state index in [-0.39, 0.29) is 23.8 Å². The first-order chi connectivity index (χ1) is 8.86. The van der Waals surface area contributed by atoms with Crippen LogP contribution in [0.3, 0.4) is 0 Å². The molecule has 4 heteroatoms. The van der Waals surface area contributed by atoms with Gasteiger partial charge < -0.3 is 5.32 Å². The normalized spacial score (nSPS) is 36.4. The standard InChI is InChI=1S/C15H26N2O2/c1-10(2)15(4)8-13(18)17(14(15)19)9-12-11(3)6-5-7-16-12/h10-12,16H,5-9H2,1-4H3. The highest BCUT2D eigenvalue weighted by Gasteiger charge is 2.50. The average Bonchev–Trinajstić information content (AvgIpc) is 2.57. The molecule has 0 aliphatic carbocycles. The monoisotopic (exact) mass is 266 g/mol. The molecule has 2 saturated heterocycles. The van der Waals surface area contributed by atoms with Crippen LogP contribution in [-0.2, 0) is 9.59 Å². The fourth-order valence-corrected chi connectivity index (χ4v) is 3.10. The molecule has 0 spiro atoms. The molecule has 0 aromatic rings. The first kappa shape index (κ1) is 14.5. The van der Waals surface area contributed by atoms with E-state index in [2.05, 4.69) is 12.2 Å². The van der Waals surface area contributed by atoms with Crippen LogP contribution >= 0.6 is 0 Å². The van der Waals surface area contributed by atoms with Crippen molar-refractivity contribution in [1.82, 2.24) is 10.2 Å². The third-order valence-corrected chi connectivity index (χ3v) is 5.14. The van der Waals surface area contributed by atoms with E-state index in [4.69, 9.17) is 0 Å². The van der Waals surface area contributed by atoms with Gasteiger partial charge in [0.05, 0.1) is 5.41 Å². The van der Waals surface area contributed by atoms with Crippen molar-refractivity contribution in [2.24, 2.45) is 17.3 Å². The highest BCUT2D eigenvalue weighted by molar-refractivity contribution is 6.05. The van der Waals surface area contributed by atoms with Gasteiger partial charge in [0, 0.05) is 19.0 Å². The lowest BCUT2D eigenvalue weighted by Crippen LogP contribution is -2.50. The predicted molar refractivity (Wildman–Crippen MR) is 74.5 cm³/mol. The van der Waals surface area contributed by atoms with E-state index >= 15 is 0 Å². The summed E-state index contributed by atoms with van der Waals surface area (Å²) in [6.07, 6.45) is 2.73. The molecule has 3 unspecified atom stereocenters. The second-order valence-corrected chi connectivity index (χ2v) is 6.74. The molecule has 0 bridgehead atoms. The molecule has 1 N–H and O–H groups in total. The predicted octanol–water partition coefficient (Wildman–Crippen LogP) is 1.80. The van der Waals surface area contributed by atoms with Crippen LogP contribution in [0.1, 0.15) is 47.0 Å². The van der Waals surface area contributed by atoms with E-state index in [9.17, 15) is 9.59 Å². The lowest BCUT2D eigenvalue weighted by Gasteiger charge is -2.33. The van der Waals surface area contributed by atoms with E-state index < -0.39 is 5.41 Å². The lowest BCUT2D eigenvalue weighted by atomic mass is 9.78. The zero-order chi connectivity index (χ0) is 14.2. The number of hydrogen-bond acceptors (Lipinski definition) is 3. The Balaban J connectivity index is 2.08. The van der Waals surface area contributed by atoms with E-state index in [0.29, 0.717) is 18.9 Å². The Kier molecular flexibility index (Phi) is 4.00. The highest BCUT2D eigenvalue weighted by Crippen LogP contribution is 2.39. The van der Waals surface area contributed by atoms with Gasteiger partial charge in [0.1, 0.15) is 0 Å². The van der Waals surface area contributed by atoms with Gasteiger partial charge in [-0.05, 0) is 38.1 Å². The molecule has 2 heterocycles. The van der Waals surface area contributed by atoms with Gasteiger partial charge in [0.15, 0.2) is 0 Å². The maximum absolute atomic E-state index is 12.5. The number of nitrogens with zero attached hydrogens (tertiary/aromatic N) is 1. The summed E-state index contributed by atoms with van der Waals surface area (Å²) in [6.45, 7) is 9.71. The van der Waals surface area contributed by atoms with Gasteiger partial charge in [-0.25, -0.2) is 0 Å². The summed E-state index contributed by atoms with van der Waals surface area (Å²) in [5.74, 6) is 0.749. The van der Waals surface area contributed by atoms with Crippen molar-refractivity contribution in [3.63, 3.8) is 0 Å². The Morgan fingerprint density at radius 1 is 1.42 bits per heavy atom. The summed E-state index contributed by atoms with van der Waals surface area (Å²) < 4.78 is 0. The molecule has 19 heavy (non-hydrogen) atoms. The molecule has 2 aliphatic rings. The second-order valence-electron chi connectivity index (χ2n) is 6.74. The number of hydrogen-bond donors (Lipinski definition) is 1. The van der Waals surface area contributed by atoms with Gasteiger partial charge in [-0.15, -0.1) is 0 Å². The molecule has 0 saturated carbocycles. The van der Waals surface area contributed by atoms with Gasteiger partial charge in [-0.2, -0.15) is 0 Å². The molecule has 2 amide bonds.